The third-order valence-electron chi connectivity index (χ3n) is 4.96. The smallest absolute Gasteiger partial charge is 0.124 e. The van der Waals surface area contributed by atoms with Gasteiger partial charge in [-0.25, -0.2) is 0 Å². The lowest BCUT2D eigenvalue weighted by molar-refractivity contribution is 0.477. The second-order valence-electron chi connectivity index (χ2n) is 6.34. The highest BCUT2D eigenvalue weighted by molar-refractivity contribution is 6.04. The van der Waals surface area contributed by atoms with Crippen LogP contribution < -0.4 is 0 Å². The molecule has 6 rings (SSSR count). The Morgan fingerprint density at radius 1 is 0.360 bits per heavy atom. The summed E-state index contributed by atoms with van der Waals surface area (Å²) >= 11 is 0. The van der Waals surface area contributed by atoms with Crippen molar-refractivity contribution in [2.45, 2.75) is 0 Å². The fraction of sp³-hybridized carbons (Fsp3) is 0. The number of benzene rings is 4. The lowest BCUT2D eigenvalue weighted by Crippen LogP contribution is -1.97. The molecule has 1 nitrogen and oxygen atoms in total. The Labute approximate surface area is 146 Å². The molecule has 2 aliphatic rings. The van der Waals surface area contributed by atoms with Crippen molar-refractivity contribution < 1.29 is 5.11 Å². The molecule has 0 unspecified atom stereocenters. The summed E-state index contributed by atoms with van der Waals surface area (Å²) in [5, 5.41) is 9.60. The largest absolute Gasteiger partial charge is 0.507 e. The van der Waals surface area contributed by atoms with E-state index >= 15 is 0 Å². The zero-order chi connectivity index (χ0) is 16.8. The van der Waals surface area contributed by atoms with Gasteiger partial charge in [-0.2, -0.15) is 0 Å². The molecule has 0 bridgehead atoms. The van der Waals surface area contributed by atoms with E-state index in [4.69, 9.17) is 0 Å². The van der Waals surface area contributed by atoms with Crippen LogP contribution >= 0.6 is 0 Å². The van der Waals surface area contributed by atoms with Gasteiger partial charge < -0.3 is 5.11 Å². The third kappa shape index (κ3) is 2.03. The molecule has 0 saturated heterocycles. The van der Waals surface area contributed by atoms with Crippen LogP contribution in [0.2, 0.25) is 0 Å². The molecule has 4 aromatic carbocycles. The molecule has 1 N–H and O–H groups in total. The minimum atomic E-state index is 0.385. The molecule has 0 atom stereocenters. The van der Waals surface area contributed by atoms with E-state index in [0.29, 0.717) is 5.75 Å². The van der Waals surface area contributed by atoms with Crippen molar-refractivity contribution in [3.8, 4) is 50.3 Å². The van der Waals surface area contributed by atoms with E-state index < -0.39 is 0 Å². The van der Waals surface area contributed by atoms with E-state index in [1.807, 2.05) is 30.3 Å². The maximum Gasteiger partial charge on any atom is 0.124 e. The van der Waals surface area contributed by atoms with E-state index in [9.17, 15) is 5.11 Å². The first-order valence-corrected chi connectivity index (χ1v) is 8.45. The molecule has 0 amide bonds. The number of aromatic hydroxyl groups is 1. The van der Waals surface area contributed by atoms with Gasteiger partial charge in [0, 0.05) is 5.56 Å². The predicted molar refractivity (Wildman–Crippen MR) is 103 cm³/mol. The van der Waals surface area contributed by atoms with Crippen molar-refractivity contribution in [3.05, 3.63) is 91.0 Å². The molecule has 0 heterocycles. The SMILES string of the molecule is Oc1cccc2c1-c1ccccc1-2.c1ccc2c(c1)-c1ccccc1-2. The first-order chi connectivity index (χ1) is 12.3. The molecular weight excluding hydrogens is 304 g/mol. The highest BCUT2D eigenvalue weighted by Crippen LogP contribution is 2.51. The van der Waals surface area contributed by atoms with Gasteiger partial charge in [0.1, 0.15) is 5.75 Å². The quantitative estimate of drug-likeness (QED) is 0.344. The molecule has 0 saturated carbocycles. The number of hydrogen-bond donors (Lipinski definition) is 1. The number of fused-ring (bicyclic) bond motifs is 8. The van der Waals surface area contributed by atoms with Gasteiger partial charge in [-0.15, -0.1) is 0 Å². The molecule has 4 aromatic rings. The Morgan fingerprint density at radius 3 is 1.20 bits per heavy atom. The number of phenols is 1. The van der Waals surface area contributed by atoms with Crippen LogP contribution in [0.3, 0.4) is 0 Å². The van der Waals surface area contributed by atoms with Crippen LogP contribution in [0.1, 0.15) is 0 Å². The monoisotopic (exact) mass is 320 g/mol. The lowest BCUT2D eigenvalue weighted by atomic mass is 9.80. The van der Waals surface area contributed by atoms with Crippen LogP contribution in [-0.2, 0) is 0 Å². The summed E-state index contributed by atoms with van der Waals surface area (Å²) in [5.41, 5.74) is 10.2. The molecule has 25 heavy (non-hydrogen) atoms. The average molecular weight is 320 g/mol. The fourth-order valence-electron chi connectivity index (χ4n) is 3.76. The Kier molecular flexibility index (Phi) is 3.01. The van der Waals surface area contributed by atoms with E-state index in [-0.39, 0.29) is 0 Å². The minimum absolute atomic E-state index is 0.385. The Morgan fingerprint density at radius 2 is 0.720 bits per heavy atom. The molecule has 2 aliphatic carbocycles. The zero-order valence-corrected chi connectivity index (χ0v) is 13.6. The number of phenolic OH excluding ortho intramolecular Hbond substituents is 1. The first kappa shape index (κ1) is 14.1. The number of hydrogen-bond acceptors (Lipinski definition) is 1. The molecule has 118 valence electrons. The number of rotatable bonds is 0. The Bertz CT molecular complexity index is 1010. The van der Waals surface area contributed by atoms with Gasteiger partial charge in [0.05, 0.1) is 0 Å². The van der Waals surface area contributed by atoms with Crippen molar-refractivity contribution in [2.24, 2.45) is 0 Å². The summed E-state index contributed by atoms with van der Waals surface area (Å²) < 4.78 is 0. The highest BCUT2D eigenvalue weighted by atomic mass is 16.3. The Hall–Kier alpha value is -3.32. The maximum atomic E-state index is 9.60. The minimum Gasteiger partial charge on any atom is -0.507 e. The summed E-state index contributed by atoms with van der Waals surface area (Å²) in [6, 6.07) is 30.9. The van der Waals surface area contributed by atoms with E-state index in [1.165, 1.54) is 27.8 Å². The average Bonchev–Trinajstić information content (AvgIpc) is 2.64. The van der Waals surface area contributed by atoms with E-state index in [1.54, 1.807) is 6.07 Å². The summed E-state index contributed by atoms with van der Waals surface area (Å²) in [6.07, 6.45) is 0. The van der Waals surface area contributed by atoms with Crippen molar-refractivity contribution in [3.63, 3.8) is 0 Å². The fourth-order valence-corrected chi connectivity index (χ4v) is 3.76. The van der Waals surface area contributed by atoms with Gasteiger partial charge in [-0.3, -0.25) is 0 Å². The standard InChI is InChI=1S/C12H8O.C12H8/c13-11-7-3-6-10-8-4-1-2-5-9(8)12(10)11;1-2-6-10-9(5-1)11-7-3-4-8-12(10)11/h1-7,13H;1-8H. The Balaban J connectivity index is 0.000000112. The van der Waals surface area contributed by atoms with Gasteiger partial charge in [-0.1, -0.05) is 84.9 Å². The third-order valence-corrected chi connectivity index (χ3v) is 4.96. The highest BCUT2D eigenvalue weighted by Gasteiger charge is 2.23. The van der Waals surface area contributed by atoms with Crippen LogP contribution in [0.5, 0.6) is 5.75 Å². The van der Waals surface area contributed by atoms with Gasteiger partial charge >= 0.3 is 0 Å². The van der Waals surface area contributed by atoms with Crippen LogP contribution in [0, 0.1) is 0 Å². The second-order valence-corrected chi connectivity index (χ2v) is 6.34. The normalized spacial score (nSPS) is 11.4. The van der Waals surface area contributed by atoms with Crippen molar-refractivity contribution >= 4 is 0 Å². The van der Waals surface area contributed by atoms with Crippen molar-refractivity contribution in [2.75, 3.05) is 0 Å². The molecule has 1 heteroatoms. The molecule has 0 radical (unpaired) electrons. The summed E-state index contributed by atoms with van der Waals surface area (Å²) in [4.78, 5) is 0. The van der Waals surface area contributed by atoms with Gasteiger partial charge in [0.2, 0.25) is 0 Å². The lowest BCUT2D eigenvalue weighted by Gasteiger charge is -2.24. The van der Waals surface area contributed by atoms with Crippen LogP contribution in [0.25, 0.3) is 44.5 Å². The molecule has 0 aliphatic heterocycles. The van der Waals surface area contributed by atoms with Crippen LogP contribution in [0.15, 0.2) is 91.0 Å². The predicted octanol–water partition coefficient (Wildman–Crippen LogP) is 6.37. The van der Waals surface area contributed by atoms with E-state index in [2.05, 4.69) is 54.6 Å². The summed E-state index contributed by atoms with van der Waals surface area (Å²) in [5.74, 6) is 0.385. The maximum absolute atomic E-state index is 9.60. The summed E-state index contributed by atoms with van der Waals surface area (Å²) in [6.45, 7) is 0. The van der Waals surface area contributed by atoms with Gasteiger partial charge in [-0.05, 0) is 45.0 Å². The van der Waals surface area contributed by atoms with Gasteiger partial charge in [0.15, 0.2) is 0 Å². The van der Waals surface area contributed by atoms with Crippen LogP contribution in [0.4, 0.5) is 0 Å². The molecule has 0 spiro atoms. The molecule has 0 aromatic heterocycles. The second kappa shape index (κ2) is 5.35. The van der Waals surface area contributed by atoms with Crippen molar-refractivity contribution in [1.82, 2.24) is 0 Å². The topological polar surface area (TPSA) is 20.2 Å². The zero-order valence-electron chi connectivity index (χ0n) is 13.6. The first-order valence-electron chi connectivity index (χ1n) is 8.45. The van der Waals surface area contributed by atoms with E-state index in [0.717, 1.165) is 16.7 Å². The summed E-state index contributed by atoms with van der Waals surface area (Å²) in [7, 11) is 0. The van der Waals surface area contributed by atoms with Crippen LogP contribution in [-0.4, -0.2) is 5.11 Å². The van der Waals surface area contributed by atoms with Gasteiger partial charge in [0.25, 0.3) is 0 Å². The van der Waals surface area contributed by atoms with Crippen molar-refractivity contribution in [1.29, 1.82) is 0 Å². The molecule has 0 fully saturated rings. The molecular formula is C24H16O.